The van der Waals surface area contributed by atoms with E-state index in [1.807, 2.05) is 47.4 Å². The first-order chi connectivity index (χ1) is 14.6. The third-order valence-electron chi connectivity index (χ3n) is 5.45. The number of benzene rings is 2. The van der Waals surface area contributed by atoms with Crippen LogP contribution in [0.4, 0.5) is 0 Å². The van der Waals surface area contributed by atoms with Crippen LogP contribution in [0.1, 0.15) is 31.7 Å². The Hall–Kier alpha value is -2.31. The number of hydrogen-bond acceptors (Lipinski definition) is 4. The average Bonchev–Trinajstić information content (AvgIpc) is 3.16. The molecule has 1 fully saturated rings. The second-order valence-electron chi connectivity index (χ2n) is 7.61. The maximum Gasteiger partial charge on any atom is 0.233 e. The summed E-state index contributed by atoms with van der Waals surface area (Å²) in [4.78, 5) is 14.8. The molecule has 30 heavy (non-hydrogen) atoms. The molecule has 1 aliphatic heterocycles. The van der Waals surface area contributed by atoms with Crippen molar-refractivity contribution in [3.05, 3.63) is 65.2 Å². The Balaban J connectivity index is 1.57. The fourth-order valence-corrected chi connectivity index (χ4v) is 4.74. The Morgan fingerprint density at radius 3 is 2.60 bits per heavy atom. The number of halogens is 1. The average molecular weight is 441 g/mol. The predicted octanol–water partition coefficient (Wildman–Crippen LogP) is 5.14. The van der Waals surface area contributed by atoms with Crippen molar-refractivity contribution >= 4 is 29.3 Å². The zero-order valence-electron chi connectivity index (χ0n) is 17.0. The molecule has 2 aromatic carbocycles. The molecule has 0 N–H and O–H groups in total. The van der Waals surface area contributed by atoms with Gasteiger partial charge in [-0.3, -0.25) is 9.36 Å². The van der Waals surface area contributed by atoms with Gasteiger partial charge in [-0.25, -0.2) is 0 Å². The lowest BCUT2D eigenvalue weighted by atomic mass is 10.0. The number of nitrogens with zero attached hydrogens (tertiary/aromatic N) is 4. The van der Waals surface area contributed by atoms with Crippen LogP contribution in [0.25, 0.3) is 11.4 Å². The van der Waals surface area contributed by atoms with Crippen LogP contribution in [0.15, 0.2) is 59.8 Å². The predicted molar refractivity (Wildman–Crippen MR) is 122 cm³/mol. The smallest absolute Gasteiger partial charge is 0.233 e. The highest BCUT2D eigenvalue weighted by atomic mass is 35.5. The summed E-state index contributed by atoms with van der Waals surface area (Å²) in [5, 5.41) is 10.3. The second kappa shape index (κ2) is 9.67. The monoisotopic (exact) mass is 440 g/mol. The third-order valence-corrected chi connectivity index (χ3v) is 6.65. The van der Waals surface area contributed by atoms with Gasteiger partial charge in [0.1, 0.15) is 0 Å². The topological polar surface area (TPSA) is 51.0 Å². The summed E-state index contributed by atoms with van der Waals surface area (Å²) < 4.78 is 2.08. The van der Waals surface area contributed by atoms with Crippen molar-refractivity contribution in [3.8, 4) is 11.4 Å². The molecule has 1 amide bonds. The maximum atomic E-state index is 12.8. The van der Waals surface area contributed by atoms with Crippen LogP contribution < -0.4 is 0 Å². The number of carbonyl (C=O) groups is 1. The van der Waals surface area contributed by atoms with Gasteiger partial charge in [0.15, 0.2) is 11.0 Å². The highest BCUT2D eigenvalue weighted by Gasteiger charge is 2.24. The number of hydrogen-bond donors (Lipinski definition) is 0. The molecular formula is C23H25ClN4OS. The highest BCUT2D eigenvalue weighted by molar-refractivity contribution is 7.99. The quantitative estimate of drug-likeness (QED) is 0.498. The molecule has 0 spiro atoms. The van der Waals surface area contributed by atoms with Crippen LogP contribution in [0, 0.1) is 0 Å². The molecule has 5 nitrogen and oxygen atoms in total. The van der Waals surface area contributed by atoms with E-state index < -0.39 is 0 Å². The second-order valence-corrected chi connectivity index (χ2v) is 8.98. The van der Waals surface area contributed by atoms with Crippen LogP contribution in [0.3, 0.4) is 0 Å². The molecule has 7 heteroatoms. The molecule has 1 aromatic heterocycles. The van der Waals surface area contributed by atoms with Crippen molar-refractivity contribution in [1.29, 1.82) is 0 Å². The number of piperidine rings is 1. The van der Waals surface area contributed by atoms with Gasteiger partial charge in [-0.05, 0) is 56.0 Å². The molecule has 4 rings (SSSR count). The molecule has 1 atom stereocenters. The van der Waals surface area contributed by atoms with Crippen LogP contribution in [0.2, 0.25) is 5.02 Å². The van der Waals surface area contributed by atoms with E-state index in [1.165, 1.54) is 18.2 Å². The SMILES string of the molecule is CC1CCCCN1C(=O)CSc1nnc(-c2ccc(Cl)cc2)n1Cc1ccccc1. The lowest BCUT2D eigenvalue weighted by molar-refractivity contribution is -0.131. The Kier molecular flexibility index (Phi) is 6.75. The Morgan fingerprint density at radius 1 is 1.10 bits per heavy atom. The minimum atomic E-state index is 0.175. The van der Waals surface area contributed by atoms with Gasteiger partial charge in [0, 0.05) is 23.2 Å². The minimum Gasteiger partial charge on any atom is -0.339 e. The van der Waals surface area contributed by atoms with E-state index in [-0.39, 0.29) is 5.91 Å². The summed E-state index contributed by atoms with van der Waals surface area (Å²) in [6.07, 6.45) is 3.38. The Bertz CT molecular complexity index is 990. The number of rotatable bonds is 6. The molecule has 1 aliphatic rings. The number of thioether (sulfide) groups is 1. The van der Waals surface area contributed by atoms with E-state index in [1.54, 1.807) is 0 Å². The van der Waals surface area contributed by atoms with Crippen molar-refractivity contribution in [2.24, 2.45) is 0 Å². The summed E-state index contributed by atoms with van der Waals surface area (Å²) in [6.45, 7) is 3.63. The summed E-state index contributed by atoms with van der Waals surface area (Å²) in [5.74, 6) is 1.32. The van der Waals surface area contributed by atoms with E-state index in [0.717, 1.165) is 41.5 Å². The molecule has 156 valence electrons. The van der Waals surface area contributed by atoms with E-state index in [2.05, 4.69) is 33.8 Å². The van der Waals surface area contributed by atoms with E-state index in [0.29, 0.717) is 23.4 Å². The van der Waals surface area contributed by atoms with Gasteiger partial charge in [-0.1, -0.05) is 53.7 Å². The number of likely N-dealkylation sites (tertiary alicyclic amines) is 1. The number of aromatic nitrogens is 3. The lowest BCUT2D eigenvalue weighted by Gasteiger charge is -2.33. The number of amides is 1. The summed E-state index contributed by atoms with van der Waals surface area (Å²) in [5.41, 5.74) is 2.11. The largest absolute Gasteiger partial charge is 0.339 e. The zero-order valence-corrected chi connectivity index (χ0v) is 18.6. The normalized spacial score (nSPS) is 16.6. The van der Waals surface area contributed by atoms with Crippen LogP contribution in [-0.2, 0) is 11.3 Å². The first-order valence-corrected chi connectivity index (χ1v) is 11.6. The van der Waals surface area contributed by atoms with Crippen LogP contribution in [-0.4, -0.2) is 43.9 Å². The first kappa shape index (κ1) is 20.9. The fourth-order valence-electron chi connectivity index (χ4n) is 3.79. The van der Waals surface area contributed by atoms with Gasteiger partial charge in [0.25, 0.3) is 0 Å². The standard InChI is InChI=1S/C23H25ClN4OS/c1-17-7-5-6-14-27(17)21(29)16-30-23-26-25-22(19-10-12-20(24)13-11-19)28(23)15-18-8-3-2-4-9-18/h2-4,8-13,17H,5-7,14-16H2,1H3. The van der Waals surface area contributed by atoms with Crippen LogP contribution >= 0.6 is 23.4 Å². The van der Waals surface area contributed by atoms with Gasteiger partial charge in [0.2, 0.25) is 5.91 Å². The molecule has 0 aliphatic carbocycles. The Labute approximate surface area is 186 Å². The van der Waals surface area contributed by atoms with Crippen molar-refractivity contribution < 1.29 is 4.79 Å². The molecule has 0 radical (unpaired) electrons. The van der Waals surface area contributed by atoms with Gasteiger partial charge in [-0.15, -0.1) is 10.2 Å². The molecule has 2 heterocycles. The van der Waals surface area contributed by atoms with Crippen molar-refractivity contribution in [1.82, 2.24) is 19.7 Å². The van der Waals surface area contributed by atoms with E-state index in [9.17, 15) is 4.79 Å². The first-order valence-electron chi connectivity index (χ1n) is 10.3. The van der Waals surface area contributed by atoms with Gasteiger partial charge >= 0.3 is 0 Å². The third kappa shape index (κ3) is 4.87. The van der Waals surface area contributed by atoms with E-state index in [4.69, 9.17) is 11.6 Å². The number of carbonyl (C=O) groups excluding carboxylic acids is 1. The van der Waals surface area contributed by atoms with Crippen LogP contribution in [0.5, 0.6) is 0 Å². The summed E-state index contributed by atoms with van der Waals surface area (Å²) >= 11 is 7.52. The zero-order chi connectivity index (χ0) is 20.9. The van der Waals surface area contributed by atoms with Gasteiger partial charge < -0.3 is 4.90 Å². The summed E-state index contributed by atoms with van der Waals surface area (Å²) in [6, 6.07) is 18.1. The molecule has 1 unspecified atom stereocenters. The van der Waals surface area contributed by atoms with Crippen molar-refractivity contribution in [2.75, 3.05) is 12.3 Å². The van der Waals surface area contributed by atoms with E-state index >= 15 is 0 Å². The molecule has 0 saturated carbocycles. The molecule has 1 saturated heterocycles. The van der Waals surface area contributed by atoms with Crippen molar-refractivity contribution in [3.63, 3.8) is 0 Å². The highest BCUT2D eigenvalue weighted by Crippen LogP contribution is 2.27. The summed E-state index contributed by atoms with van der Waals surface area (Å²) in [7, 11) is 0. The molecular weight excluding hydrogens is 416 g/mol. The molecule has 0 bridgehead atoms. The van der Waals surface area contributed by atoms with Gasteiger partial charge in [-0.2, -0.15) is 0 Å². The Morgan fingerprint density at radius 2 is 1.87 bits per heavy atom. The maximum absolute atomic E-state index is 12.8. The lowest BCUT2D eigenvalue weighted by Crippen LogP contribution is -2.43. The fraction of sp³-hybridized carbons (Fsp3) is 0.348. The van der Waals surface area contributed by atoms with Crippen molar-refractivity contribution in [2.45, 2.75) is 43.9 Å². The minimum absolute atomic E-state index is 0.175. The van der Waals surface area contributed by atoms with Gasteiger partial charge in [0.05, 0.1) is 12.3 Å². The molecule has 3 aromatic rings.